The number of hydrogen-bond acceptors (Lipinski definition) is 4. The van der Waals surface area contributed by atoms with Crippen LogP contribution in [-0.4, -0.2) is 32.2 Å². The zero-order valence-electron chi connectivity index (χ0n) is 16.0. The maximum Gasteiger partial charge on any atom is 0.417 e. The maximum atomic E-state index is 13.3. The minimum Gasteiger partial charge on any atom is -0.289 e. The van der Waals surface area contributed by atoms with Gasteiger partial charge in [0, 0.05) is 29.7 Å². The third-order valence-corrected chi connectivity index (χ3v) is 4.85. The van der Waals surface area contributed by atoms with Crippen molar-refractivity contribution in [2.75, 3.05) is 11.4 Å². The van der Waals surface area contributed by atoms with Gasteiger partial charge in [0.2, 0.25) is 0 Å². The summed E-state index contributed by atoms with van der Waals surface area (Å²) in [6.07, 6.45) is -2.09. The first-order valence-corrected chi connectivity index (χ1v) is 9.03. The van der Waals surface area contributed by atoms with E-state index in [1.807, 2.05) is 32.9 Å². The van der Waals surface area contributed by atoms with Crippen molar-refractivity contribution in [2.24, 2.45) is 0 Å². The number of nitrogens with zero attached hydrogens (tertiary/aromatic N) is 5. The highest BCUT2D eigenvalue weighted by Crippen LogP contribution is 2.34. The molecule has 3 aromatic heterocycles. The third-order valence-electron chi connectivity index (χ3n) is 4.85. The maximum absolute atomic E-state index is 13.3. The summed E-state index contributed by atoms with van der Waals surface area (Å²) in [5, 5.41) is 4.38. The highest BCUT2D eigenvalue weighted by Gasteiger charge is 2.35. The number of pyridine rings is 2. The second-order valence-corrected chi connectivity index (χ2v) is 7.16. The van der Waals surface area contributed by atoms with Crippen LogP contribution in [0.2, 0.25) is 0 Å². The van der Waals surface area contributed by atoms with Crippen LogP contribution in [0, 0.1) is 13.8 Å². The van der Waals surface area contributed by atoms with Crippen LogP contribution >= 0.6 is 0 Å². The molecule has 0 saturated heterocycles. The van der Waals surface area contributed by atoms with Gasteiger partial charge < -0.3 is 0 Å². The average Bonchev–Trinajstić information content (AvgIpc) is 3.09. The number of aromatic nitrogens is 4. The van der Waals surface area contributed by atoms with Crippen LogP contribution in [0.25, 0.3) is 11.1 Å². The number of amides is 1. The summed E-state index contributed by atoms with van der Waals surface area (Å²) in [4.78, 5) is 22.9. The van der Waals surface area contributed by atoms with E-state index in [2.05, 4.69) is 15.1 Å². The summed E-state index contributed by atoms with van der Waals surface area (Å²) < 4.78 is 40.1. The number of carbonyl (C=O) groups excluding carboxylic acids is 1. The first-order chi connectivity index (χ1) is 13.6. The standard InChI is InChI=1S/C20H18F3N5O/c1-11-6-14(7-12(2)26-11)16-9-25-28-13(3)10-27(19(29)18(16)28)17-5-4-15(8-24-17)20(21,22)23/h4-9,13H,10H2,1-3H3/t13-/m0/s1. The van der Waals surface area contributed by atoms with Crippen LogP contribution in [0.3, 0.4) is 0 Å². The van der Waals surface area contributed by atoms with E-state index in [0.717, 1.165) is 29.2 Å². The van der Waals surface area contributed by atoms with Gasteiger partial charge in [-0.2, -0.15) is 18.3 Å². The van der Waals surface area contributed by atoms with Crippen LogP contribution in [0.15, 0.2) is 36.7 Å². The Kier molecular flexibility index (Phi) is 4.40. The van der Waals surface area contributed by atoms with Crippen molar-refractivity contribution in [1.29, 1.82) is 0 Å². The molecule has 150 valence electrons. The monoisotopic (exact) mass is 401 g/mol. The van der Waals surface area contributed by atoms with E-state index in [9.17, 15) is 18.0 Å². The molecular weight excluding hydrogens is 383 g/mol. The van der Waals surface area contributed by atoms with Gasteiger partial charge in [-0.05, 0) is 50.6 Å². The summed E-state index contributed by atoms with van der Waals surface area (Å²) in [7, 11) is 0. The van der Waals surface area contributed by atoms with E-state index in [1.165, 1.54) is 11.0 Å². The molecular formula is C20H18F3N5O. The van der Waals surface area contributed by atoms with Crippen molar-refractivity contribution in [1.82, 2.24) is 19.7 Å². The van der Waals surface area contributed by atoms with Gasteiger partial charge in [0.15, 0.2) is 0 Å². The number of alkyl halides is 3. The zero-order valence-corrected chi connectivity index (χ0v) is 16.0. The number of carbonyl (C=O) groups is 1. The Hall–Kier alpha value is -3.23. The quantitative estimate of drug-likeness (QED) is 0.646. The fourth-order valence-electron chi connectivity index (χ4n) is 3.57. The Labute approximate surface area is 165 Å². The molecule has 0 spiro atoms. The molecule has 1 atom stereocenters. The molecule has 0 N–H and O–H groups in total. The molecule has 4 rings (SSSR count). The lowest BCUT2D eigenvalue weighted by molar-refractivity contribution is -0.137. The predicted octanol–water partition coefficient (Wildman–Crippen LogP) is 4.20. The molecule has 29 heavy (non-hydrogen) atoms. The van der Waals surface area contributed by atoms with E-state index in [1.54, 1.807) is 10.9 Å². The third kappa shape index (κ3) is 3.37. The first kappa shape index (κ1) is 19.1. The highest BCUT2D eigenvalue weighted by molar-refractivity contribution is 6.09. The number of aryl methyl sites for hydroxylation is 2. The summed E-state index contributed by atoms with van der Waals surface area (Å²) >= 11 is 0. The van der Waals surface area contributed by atoms with Crippen LogP contribution < -0.4 is 4.90 Å². The molecule has 4 heterocycles. The number of anilines is 1. The Morgan fingerprint density at radius 2 is 1.79 bits per heavy atom. The Morgan fingerprint density at radius 3 is 2.38 bits per heavy atom. The lowest BCUT2D eigenvalue weighted by Crippen LogP contribution is -2.43. The topological polar surface area (TPSA) is 63.9 Å². The minimum atomic E-state index is -4.48. The molecule has 0 saturated carbocycles. The largest absolute Gasteiger partial charge is 0.417 e. The average molecular weight is 401 g/mol. The molecule has 1 aliphatic heterocycles. The van der Waals surface area contributed by atoms with Crippen molar-refractivity contribution in [3.63, 3.8) is 0 Å². The summed E-state index contributed by atoms with van der Waals surface area (Å²) in [5.74, 6) is -0.176. The van der Waals surface area contributed by atoms with Crippen molar-refractivity contribution >= 4 is 11.7 Å². The molecule has 1 amide bonds. The molecule has 3 aromatic rings. The normalized spacial score (nSPS) is 16.8. The molecule has 0 unspecified atom stereocenters. The molecule has 0 fully saturated rings. The van der Waals surface area contributed by atoms with E-state index >= 15 is 0 Å². The van der Waals surface area contributed by atoms with Gasteiger partial charge in [-0.25, -0.2) is 4.98 Å². The Bertz CT molecular complexity index is 1070. The van der Waals surface area contributed by atoms with Crippen molar-refractivity contribution in [3.8, 4) is 11.1 Å². The van der Waals surface area contributed by atoms with Crippen molar-refractivity contribution in [2.45, 2.75) is 33.0 Å². The lowest BCUT2D eigenvalue weighted by atomic mass is 10.0. The molecule has 0 aliphatic carbocycles. The van der Waals surface area contributed by atoms with Crippen LogP contribution in [0.5, 0.6) is 0 Å². The molecule has 0 bridgehead atoms. The number of fused-ring (bicyclic) bond motifs is 1. The Morgan fingerprint density at radius 1 is 1.10 bits per heavy atom. The second-order valence-electron chi connectivity index (χ2n) is 7.16. The molecule has 0 aromatic carbocycles. The predicted molar refractivity (Wildman–Crippen MR) is 101 cm³/mol. The van der Waals surface area contributed by atoms with E-state index in [-0.39, 0.29) is 24.3 Å². The zero-order chi connectivity index (χ0) is 20.9. The van der Waals surface area contributed by atoms with E-state index < -0.39 is 11.7 Å². The molecule has 0 radical (unpaired) electrons. The molecule has 6 nitrogen and oxygen atoms in total. The second kappa shape index (κ2) is 6.68. The first-order valence-electron chi connectivity index (χ1n) is 9.03. The number of hydrogen-bond donors (Lipinski definition) is 0. The van der Waals surface area contributed by atoms with Crippen LogP contribution in [0.1, 0.15) is 40.4 Å². The lowest BCUT2D eigenvalue weighted by Gasteiger charge is -2.31. The number of halogens is 3. The van der Waals surface area contributed by atoms with E-state index in [0.29, 0.717) is 11.3 Å². The van der Waals surface area contributed by atoms with Gasteiger partial charge in [-0.15, -0.1) is 0 Å². The van der Waals surface area contributed by atoms with Gasteiger partial charge in [-0.1, -0.05) is 0 Å². The van der Waals surface area contributed by atoms with E-state index in [4.69, 9.17) is 0 Å². The molecule has 9 heteroatoms. The Balaban J connectivity index is 1.76. The van der Waals surface area contributed by atoms with Crippen molar-refractivity contribution < 1.29 is 18.0 Å². The summed E-state index contributed by atoms with van der Waals surface area (Å²) in [6.45, 7) is 5.90. The fraction of sp³-hybridized carbons (Fsp3) is 0.300. The van der Waals surface area contributed by atoms with Crippen LogP contribution in [0.4, 0.5) is 19.0 Å². The highest BCUT2D eigenvalue weighted by atomic mass is 19.4. The SMILES string of the molecule is Cc1cc(-c2cnn3c2C(=O)N(c2ccc(C(F)(F)F)cn2)C[C@@H]3C)cc(C)n1. The van der Waals surface area contributed by atoms with Gasteiger partial charge in [0.05, 0.1) is 17.8 Å². The van der Waals surface area contributed by atoms with Gasteiger partial charge >= 0.3 is 6.18 Å². The minimum absolute atomic E-state index is 0.162. The smallest absolute Gasteiger partial charge is 0.289 e. The van der Waals surface area contributed by atoms with Crippen molar-refractivity contribution in [3.05, 3.63) is 59.3 Å². The summed E-state index contributed by atoms with van der Waals surface area (Å²) in [5.41, 5.74) is 2.64. The van der Waals surface area contributed by atoms with Crippen LogP contribution in [-0.2, 0) is 6.18 Å². The molecule has 1 aliphatic rings. The van der Waals surface area contributed by atoms with Gasteiger partial charge in [0.1, 0.15) is 11.5 Å². The number of rotatable bonds is 2. The fourth-order valence-corrected chi connectivity index (χ4v) is 3.57. The van der Waals surface area contributed by atoms with Gasteiger partial charge in [0.25, 0.3) is 5.91 Å². The summed E-state index contributed by atoms with van der Waals surface area (Å²) in [6, 6.07) is 5.74. The van der Waals surface area contributed by atoms with Gasteiger partial charge in [-0.3, -0.25) is 19.4 Å².